The number of amides is 3. The molecule has 4 rings (SSSR count). The first kappa shape index (κ1) is 29.7. The highest BCUT2D eigenvalue weighted by Crippen LogP contribution is 2.38. The van der Waals surface area contributed by atoms with E-state index in [-0.39, 0.29) is 29.0 Å². The van der Waals surface area contributed by atoms with E-state index in [9.17, 15) is 19.5 Å². The van der Waals surface area contributed by atoms with Gasteiger partial charge in [-0.25, -0.2) is 4.98 Å². The molecule has 11 heteroatoms. The highest BCUT2D eigenvalue weighted by Gasteiger charge is 2.22. The Kier molecular flexibility index (Phi) is 9.67. The molecule has 2 heterocycles. The van der Waals surface area contributed by atoms with Gasteiger partial charge in [-0.3, -0.25) is 19.4 Å². The number of aliphatic hydroxyl groups is 1. The summed E-state index contributed by atoms with van der Waals surface area (Å²) < 4.78 is 0. The van der Waals surface area contributed by atoms with Gasteiger partial charge in [-0.05, 0) is 48.4 Å². The summed E-state index contributed by atoms with van der Waals surface area (Å²) in [5.41, 5.74) is 3.52. The fourth-order valence-corrected chi connectivity index (χ4v) is 4.70. The summed E-state index contributed by atoms with van der Waals surface area (Å²) in [6.45, 7) is 3.05. The van der Waals surface area contributed by atoms with Crippen LogP contribution >= 0.6 is 23.2 Å². The topological polar surface area (TPSA) is 133 Å². The average molecular weight is 592 g/mol. The van der Waals surface area contributed by atoms with Crippen molar-refractivity contribution in [1.82, 2.24) is 20.6 Å². The lowest BCUT2D eigenvalue weighted by Gasteiger charge is -2.19. The minimum Gasteiger partial charge on any atom is -0.383 e. The van der Waals surface area contributed by atoms with Crippen LogP contribution in [0.5, 0.6) is 0 Å². The van der Waals surface area contributed by atoms with Crippen LogP contribution in [0.15, 0.2) is 66.9 Å². The number of aryl methyl sites for hydroxylation is 1. The second kappa shape index (κ2) is 13.4. The summed E-state index contributed by atoms with van der Waals surface area (Å²) >= 11 is 13.1. The van der Waals surface area contributed by atoms with Crippen LogP contribution in [0.25, 0.3) is 17.0 Å². The number of aromatic nitrogens is 2. The van der Waals surface area contributed by atoms with Gasteiger partial charge in [-0.2, -0.15) is 0 Å². The molecule has 2 aromatic carbocycles. The number of fused-ring (bicyclic) bond motifs is 1. The predicted octanol–water partition coefficient (Wildman–Crippen LogP) is 4.73. The molecule has 0 radical (unpaired) electrons. The number of pyridine rings is 2. The molecule has 4 N–H and O–H groups in total. The number of hydrogen-bond donors (Lipinski definition) is 4. The summed E-state index contributed by atoms with van der Waals surface area (Å²) in [5.74, 6) is -0.739. The van der Waals surface area contributed by atoms with Gasteiger partial charge in [-0.15, -0.1) is 0 Å². The Labute approximate surface area is 246 Å². The molecule has 1 atom stereocenters. The second-order valence-electron chi connectivity index (χ2n) is 9.19. The average Bonchev–Trinajstić information content (AvgIpc) is 2.94. The number of rotatable bonds is 9. The lowest BCUT2D eigenvalue weighted by atomic mass is 9.97. The maximum absolute atomic E-state index is 12.4. The Bertz CT molecular complexity index is 1640. The molecule has 41 heavy (non-hydrogen) atoms. The molecule has 0 saturated heterocycles. The van der Waals surface area contributed by atoms with E-state index >= 15 is 0 Å². The first-order chi connectivity index (χ1) is 19.6. The Morgan fingerprint density at radius 1 is 1.02 bits per heavy atom. The van der Waals surface area contributed by atoms with Gasteiger partial charge < -0.3 is 21.1 Å². The molecule has 0 fully saturated rings. The van der Waals surface area contributed by atoms with Crippen LogP contribution < -0.4 is 16.0 Å². The molecule has 0 aliphatic heterocycles. The fraction of sp³-hybridized carbons (Fsp3) is 0.167. The van der Waals surface area contributed by atoms with E-state index in [1.807, 2.05) is 31.2 Å². The number of para-hydroxylation sites is 1. The predicted molar refractivity (Wildman–Crippen MR) is 159 cm³/mol. The summed E-state index contributed by atoms with van der Waals surface area (Å²) in [6.07, 6.45) is 3.16. The number of hydrogen-bond acceptors (Lipinski definition) is 6. The normalized spacial score (nSPS) is 11.8. The van der Waals surface area contributed by atoms with Gasteiger partial charge in [0.15, 0.2) is 0 Å². The summed E-state index contributed by atoms with van der Waals surface area (Å²) in [5, 5.41) is 20.4. The molecule has 9 nitrogen and oxygen atoms in total. The molecular weight excluding hydrogens is 565 g/mol. The number of anilines is 1. The van der Waals surface area contributed by atoms with Crippen molar-refractivity contribution in [3.05, 3.63) is 105 Å². The number of nitrogens with zero attached hydrogens (tertiary/aromatic N) is 2. The lowest BCUT2D eigenvalue weighted by Crippen LogP contribution is -2.36. The molecule has 0 spiro atoms. The molecule has 2 aromatic heterocycles. The minimum absolute atomic E-state index is 0.0550. The molecular formula is C30H27Cl2N5O4. The van der Waals surface area contributed by atoms with Crippen molar-refractivity contribution in [2.75, 3.05) is 11.9 Å². The van der Waals surface area contributed by atoms with E-state index in [0.29, 0.717) is 33.6 Å². The van der Waals surface area contributed by atoms with Crippen molar-refractivity contribution >= 4 is 63.7 Å². The highest BCUT2D eigenvalue weighted by atomic mass is 35.5. The first-order valence-corrected chi connectivity index (χ1v) is 13.4. The Hall–Kier alpha value is -4.31. The summed E-state index contributed by atoms with van der Waals surface area (Å²) in [7, 11) is 0. The van der Waals surface area contributed by atoms with E-state index in [4.69, 9.17) is 23.2 Å². The van der Waals surface area contributed by atoms with Crippen LogP contribution in [0.2, 0.25) is 10.0 Å². The van der Waals surface area contributed by atoms with Crippen LogP contribution in [0, 0.1) is 6.92 Å². The molecule has 3 amide bonds. The van der Waals surface area contributed by atoms with Crippen LogP contribution in [0.3, 0.4) is 0 Å². The summed E-state index contributed by atoms with van der Waals surface area (Å²) in [4.78, 5) is 44.3. The monoisotopic (exact) mass is 591 g/mol. The number of benzene rings is 2. The van der Waals surface area contributed by atoms with E-state index in [0.717, 1.165) is 11.1 Å². The van der Waals surface area contributed by atoms with Crippen molar-refractivity contribution in [1.29, 1.82) is 0 Å². The number of carbonyl (C=O) groups excluding carboxylic acids is 3. The number of nitrogens with one attached hydrogen (secondary N) is 3. The molecule has 0 bridgehead atoms. The number of halogens is 2. The van der Waals surface area contributed by atoms with Gasteiger partial charge in [0.05, 0.1) is 17.1 Å². The second-order valence-corrected chi connectivity index (χ2v) is 9.98. The van der Waals surface area contributed by atoms with Crippen molar-refractivity contribution < 1.29 is 19.5 Å². The first-order valence-electron chi connectivity index (χ1n) is 12.6. The molecule has 0 aliphatic rings. The molecule has 4 aromatic rings. The SMILES string of the molecule is CC(=O)Nc1ccc(C=CC(=O)NCC(=O)NCc2ccc(Cl)c(C(O)c3cccc4ccc(C)nc34)c2Cl)cn1. The number of aliphatic hydroxyl groups excluding tert-OH is 1. The Balaban J connectivity index is 1.36. The zero-order valence-corrected chi connectivity index (χ0v) is 23.8. The minimum atomic E-state index is -1.15. The van der Waals surface area contributed by atoms with Crippen LogP contribution in [-0.2, 0) is 20.9 Å². The van der Waals surface area contributed by atoms with Crippen LogP contribution in [0.1, 0.15) is 41.0 Å². The van der Waals surface area contributed by atoms with Crippen molar-refractivity contribution in [3.8, 4) is 0 Å². The zero-order chi connectivity index (χ0) is 29.5. The van der Waals surface area contributed by atoms with E-state index in [1.54, 1.807) is 30.3 Å². The van der Waals surface area contributed by atoms with Crippen molar-refractivity contribution in [3.63, 3.8) is 0 Å². The largest absolute Gasteiger partial charge is 0.383 e. The molecule has 1 unspecified atom stereocenters. The standard InChI is InChI=1S/C30H27Cl2N5O4/c1-17-6-9-20-4-3-5-22(29(20)36-17)30(41)27-23(31)11-10-21(28(27)32)15-34-26(40)16-35-25(39)13-8-19-7-12-24(33-14-19)37-18(2)38/h3-14,30,41H,15-16H2,1-2H3,(H,34,40)(H,35,39)(H,33,37,38). The third-order valence-electron chi connectivity index (χ3n) is 6.08. The quantitative estimate of drug-likeness (QED) is 0.208. The Morgan fingerprint density at radius 2 is 1.83 bits per heavy atom. The van der Waals surface area contributed by atoms with Gasteiger partial charge in [-0.1, -0.05) is 53.5 Å². The van der Waals surface area contributed by atoms with Gasteiger partial charge in [0, 0.05) is 53.0 Å². The van der Waals surface area contributed by atoms with Crippen LogP contribution in [-0.4, -0.2) is 39.3 Å². The highest BCUT2D eigenvalue weighted by molar-refractivity contribution is 6.36. The molecule has 0 saturated carbocycles. The van der Waals surface area contributed by atoms with E-state index in [2.05, 4.69) is 25.9 Å². The maximum Gasteiger partial charge on any atom is 0.244 e. The number of carbonyl (C=O) groups is 3. The third kappa shape index (κ3) is 7.67. The van der Waals surface area contributed by atoms with Gasteiger partial charge in [0.1, 0.15) is 11.9 Å². The third-order valence-corrected chi connectivity index (χ3v) is 6.86. The molecule has 0 aliphatic carbocycles. The van der Waals surface area contributed by atoms with Gasteiger partial charge in [0.2, 0.25) is 17.7 Å². The lowest BCUT2D eigenvalue weighted by molar-refractivity contribution is -0.124. The van der Waals surface area contributed by atoms with Gasteiger partial charge >= 0.3 is 0 Å². The van der Waals surface area contributed by atoms with Crippen molar-refractivity contribution in [2.45, 2.75) is 26.5 Å². The molecule has 210 valence electrons. The maximum atomic E-state index is 12.4. The smallest absolute Gasteiger partial charge is 0.244 e. The van der Waals surface area contributed by atoms with E-state index in [1.165, 1.54) is 25.3 Å². The van der Waals surface area contributed by atoms with Crippen molar-refractivity contribution in [2.24, 2.45) is 0 Å². The Morgan fingerprint density at radius 3 is 2.56 bits per heavy atom. The van der Waals surface area contributed by atoms with E-state index < -0.39 is 17.9 Å². The van der Waals surface area contributed by atoms with Crippen LogP contribution in [0.4, 0.5) is 5.82 Å². The fourth-order valence-electron chi connectivity index (χ4n) is 4.06. The zero-order valence-electron chi connectivity index (χ0n) is 22.2. The summed E-state index contributed by atoms with van der Waals surface area (Å²) in [6, 6.07) is 15.9. The van der Waals surface area contributed by atoms with Gasteiger partial charge in [0.25, 0.3) is 0 Å².